The molecule has 120 valence electrons. The Morgan fingerprint density at radius 2 is 2.05 bits per heavy atom. The van der Waals surface area contributed by atoms with Gasteiger partial charge in [0, 0.05) is 49.3 Å². The van der Waals surface area contributed by atoms with E-state index in [9.17, 15) is 0 Å². The van der Waals surface area contributed by atoms with Crippen molar-refractivity contribution in [3.8, 4) is 0 Å². The summed E-state index contributed by atoms with van der Waals surface area (Å²) in [6.07, 6.45) is 4.52. The van der Waals surface area contributed by atoms with Gasteiger partial charge in [0.15, 0.2) is 5.13 Å². The predicted octanol–water partition coefficient (Wildman–Crippen LogP) is 2.95. The van der Waals surface area contributed by atoms with E-state index in [4.69, 9.17) is 0 Å². The fourth-order valence-electron chi connectivity index (χ4n) is 2.67. The third-order valence-electron chi connectivity index (χ3n) is 4.19. The second-order valence-electron chi connectivity index (χ2n) is 6.99. The molecule has 5 heteroatoms. The Morgan fingerprint density at radius 1 is 1.38 bits per heavy atom. The van der Waals surface area contributed by atoms with Gasteiger partial charge in [-0.1, -0.05) is 6.92 Å². The zero-order valence-corrected chi connectivity index (χ0v) is 15.0. The van der Waals surface area contributed by atoms with E-state index in [1.165, 1.54) is 37.4 Å². The molecule has 0 radical (unpaired) electrons. The molecule has 0 aromatic carbocycles. The molecule has 0 aliphatic carbocycles. The third-order valence-corrected chi connectivity index (χ3v) is 5.28. The molecule has 0 atom stereocenters. The van der Waals surface area contributed by atoms with Crippen LogP contribution in [0.4, 0.5) is 5.13 Å². The summed E-state index contributed by atoms with van der Waals surface area (Å²) in [7, 11) is 2.20. The number of rotatable bonds is 5. The Labute approximate surface area is 133 Å². The van der Waals surface area contributed by atoms with Crippen LogP contribution in [0.1, 0.15) is 45.4 Å². The highest BCUT2D eigenvalue weighted by atomic mass is 32.1. The van der Waals surface area contributed by atoms with E-state index < -0.39 is 0 Å². The maximum absolute atomic E-state index is 4.62. The van der Waals surface area contributed by atoms with Crippen molar-refractivity contribution in [1.29, 1.82) is 0 Å². The van der Waals surface area contributed by atoms with Crippen LogP contribution < -0.4 is 10.2 Å². The highest BCUT2D eigenvalue weighted by molar-refractivity contribution is 7.15. The summed E-state index contributed by atoms with van der Waals surface area (Å²) in [6.45, 7) is 13.4. The van der Waals surface area contributed by atoms with Gasteiger partial charge in [0.25, 0.3) is 0 Å². The zero-order valence-electron chi connectivity index (χ0n) is 14.1. The first kappa shape index (κ1) is 16.7. The van der Waals surface area contributed by atoms with E-state index in [0.29, 0.717) is 6.04 Å². The number of anilines is 1. The zero-order chi connectivity index (χ0) is 15.5. The second kappa shape index (κ2) is 7.07. The highest BCUT2D eigenvalue weighted by Crippen LogP contribution is 2.26. The summed E-state index contributed by atoms with van der Waals surface area (Å²) in [5.41, 5.74) is 0.156. The van der Waals surface area contributed by atoms with E-state index in [1.54, 1.807) is 0 Å². The molecule has 0 amide bonds. The standard InChI is InChI=1S/C16H30N4S/c1-6-20-9-7-13(8-10-20)19(5)15-17-11-14(21-15)12-18-16(2,3)4/h11,13,18H,6-10,12H2,1-5H3. The predicted molar refractivity (Wildman–Crippen MR) is 92.2 cm³/mol. The van der Waals surface area contributed by atoms with Crippen LogP contribution in [0, 0.1) is 0 Å². The summed E-state index contributed by atoms with van der Waals surface area (Å²) in [5, 5.41) is 4.69. The van der Waals surface area contributed by atoms with Gasteiger partial charge in [0.1, 0.15) is 0 Å². The van der Waals surface area contributed by atoms with Gasteiger partial charge in [-0.05, 0) is 40.2 Å². The molecule has 1 aromatic heterocycles. The Morgan fingerprint density at radius 3 is 2.62 bits per heavy atom. The third kappa shape index (κ3) is 4.94. The molecule has 21 heavy (non-hydrogen) atoms. The van der Waals surface area contributed by atoms with Crippen LogP contribution in [0.25, 0.3) is 0 Å². The topological polar surface area (TPSA) is 31.4 Å². The molecule has 1 aliphatic rings. The number of nitrogens with zero attached hydrogens (tertiary/aromatic N) is 3. The molecule has 1 fully saturated rings. The minimum Gasteiger partial charge on any atom is -0.348 e. The van der Waals surface area contributed by atoms with E-state index in [2.05, 4.69) is 54.8 Å². The van der Waals surface area contributed by atoms with Crippen LogP contribution in [0.5, 0.6) is 0 Å². The molecule has 2 heterocycles. The number of hydrogen-bond acceptors (Lipinski definition) is 5. The van der Waals surface area contributed by atoms with Crippen molar-refractivity contribution in [2.45, 2.75) is 58.7 Å². The maximum atomic E-state index is 4.62. The van der Waals surface area contributed by atoms with Crippen molar-refractivity contribution in [3.05, 3.63) is 11.1 Å². The molecule has 4 nitrogen and oxygen atoms in total. The van der Waals surface area contributed by atoms with Crippen LogP contribution in [-0.2, 0) is 6.54 Å². The number of aromatic nitrogens is 1. The van der Waals surface area contributed by atoms with E-state index >= 15 is 0 Å². The summed E-state index contributed by atoms with van der Waals surface area (Å²) in [4.78, 5) is 10.9. The summed E-state index contributed by atoms with van der Waals surface area (Å²) in [5.74, 6) is 0. The lowest BCUT2D eigenvalue weighted by Gasteiger charge is -2.36. The molecular formula is C16H30N4S. The molecule has 1 aromatic rings. The maximum Gasteiger partial charge on any atom is 0.185 e. The van der Waals surface area contributed by atoms with Crippen LogP contribution in [-0.4, -0.2) is 48.1 Å². The van der Waals surface area contributed by atoms with Crippen molar-refractivity contribution in [1.82, 2.24) is 15.2 Å². The van der Waals surface area contributed by atoms with Crippen molar-refractivity contribution in [2.75, 3.05) is 31.6 Å². The molecular weight excluding hydrogens is 280 g/mol. The van der Waals surface area contributed by atoms with E-state index in [0.717, 1.165) is 11.7 Å². The van der Waals surface area contributed by atoms with Crippen LogP contribution in [0.2, 0.25) is 0 Å². The first-order valence-electron chi connectivity index (χ1n) is 8.04. The Hall–Kier alpha value is -0.650. The lowest BCUT2D eigenvalue weighted by Crippen LogP contribution is -2.43. The second-order valence-corrected chi connectivity index (χ2v) is 8.08. The molecule has 0 saturated carbocycles. The lowest BCUT2D eigenvalue weighted by molar-refractivity contribution is 0.221. The highest BCUT2D eigenvalue weighted by Gasteiger charge is 2.23. The first-order chi connectivity index (χ1) is 9.89. The van der Waals surface area contributed by atoms with Crippen molar-refractivity contribution in [3.63, 3.8) is 0 Å². The SMILES string of the molecule is CCN1CCC(N(C)c2ncc(CNC(C)(C)C)s2)CC1. The summed E-state index contributed by atoms with van der Waals surface area (Å²) < 4.78 is 0. The minimum absolute atomic E-state index is 0.156. The summed E-state index contributed by atoms with van der Waals surface area (Å²) >= 11 is 1.82. The minimum atomic E-state index is 0.156. The Bertz CT molecular complexity index is 430. The average molecular weight is 311 g/mol. The van der Waals surface area contributed by atoms with Gasteiger partial charge in [-0.25, -0.2) is 4.98 Å². The van der Waals surface area contributed by atoms with Crippen molar-refractivity contribution >= 4 is 16.5 Å². The number of nitrogens with one attached hydrogen (secondary N) is 1. The van der Waals surface area contributed by atoms with Crippen molar-refractivity contribution in [2.24, 2.45) is 0 Å². The normalized spacial score (nSPS) is 18.1. The fourth-order valence-corrected chi connectivity index (χ4v) is 3.56. The number of hydrogen-bond donors (Lipinski definition) is 1. The molecule has 0 unspecified atom stereocenters. The van der Waals surface area contributed by atoms with Crippen LogP contribution >= 0.6 is 11.3 Å². The van der Waals surface area contributed by atoms with Gasteiger partial charge in [-0.15, -0.1) is 11.3 Å². The van der Waals surface area contributed by atoms with Gasteiger partial charge in [-0.3, -0.25) is 0 Å². The van der Waals surface area contributed by atoms with E-state index in [-0.39, 0.29) is 5.54 Å². The monoisotopic (exact) mass is 310 g/mol. The van der Waals surface area contributed by atoms with Crippen LogP contribution in [0.3, 0.4) is 0 Å². The number of thiazole rings is 1. The molecule has 1 N–H and O–H groups in total. The fraction of sp³-hybridized carbons (Fsp3) is 0.812. The van der Waals surface area contributed by atoms with Gasteiger partial charge in [0.05, 0.1) is 0 Å². The molecule has 2 rings (SSSR count). The lowest BCUT2D eigenvalue weighted by atomic mass is 10.0. The smallest absolute Gasteiger partial charge is 0.185 e. The van der Waals surface area contributed by atoms with Gasteiger partial charge < -0.3 is 15.1 Å². The van der Waals surface area contributed by atoms with Gasteiger partial charge in [-0.2, -0.15) is 0 Å². The van der Waals surface area contributed by atoms with Crippen LogP contribution in [0.15, 0.2) is 6.20 Å². The molecule has 1 aliphatic heterocycles. The largest absolute Gasteiger partial charge is 0.348 e. The molecule has 1 saturated heterocycles. The number of likely N-dealkylation sites (tertiary alicyclic amines) is 1. The van der Waals surface area contributed by atoms with Gasteiger partial charge in [0.2, 0.25) is 0 Å². The Balaban J connectivity index is 1.88. The Kier molecular flexibility index (Phi) is 5.63. The first-order valence-corrected chi connectivity index (χ1v) is 8.85. The quantitative estimate of drug-likeness (QED) is 0.906. The van der Waals surface area contributed by atoms with E-state index in [1.807, 2.05) is 17.5 Å². The number of piperidine rings is 1. The van der Waals surface area contributed by atoms with Gasteiger partial charge >= 0.3 is 0 Å². The van der Waals surface area contributed by atoms with Crippen molar-refractivity contribution < 1.29 is 0 Å². The summed E-state index contributed by atoms with van der Waals surface area (Å²) in [6, 6.07) is 0.641. The molecule has 0 bridgehead atoms. The molecule has 0 spiro atoms. The average Bonchev–Trinajstić information content (AvgIpc) is 2.93.